The average molecular weight is 496 g/mol. The smallest absolute Gasteiger partial charge is 0.191 e. The number of aliphatic imine (C=N–C) groups is 1. The van der Waals surface area contributed by atoms with Crippen molar-refractivity contribution in [3.8, 4) is 0 Å². The van der Waals surface area contributed by atoms with E-state index in [1.165, 1.54) is 10.4 Å². The predicted molar refractivity (Wildman–Crippen MR) is 122 cm³/mol. The highest BCUT2D eigenvalue weighted by molar-refractivity contribution is 14.0. The van der Waals surface area contributed by atoms with Crippen LogP contribution in [0.15, 0.2) is 59.2 Å². The van der Waals surface area contributed by atoms with Crippen LogP contribution < -0.4 is 10.6 Å². The van der Waals surface area contributed by atoms with Crippen LogP contribution in [0, 0.1) is 0 Å². The molecule has 0 atom stereocenters. The van der Waals surface area contributed by atoms with E-state index < -0.39 is 0 Å². The standard InChI is InChI=1S/C19H24N6S.HI/c1-2-18-24-23-15-25(18)11-10-20-19(22-14-17-9-6-12-26-17)21-13-16-7-4-3-5-8-16;/h3-9,12,15H,2,10-11,13-14H2,1H3,(H2,20,21,22);1H. The summed E-state index contributed by atoms with van der Waals surface area (Å²) >= 11 is 1.74. The Morgan fingerprint density at radius 1 is 1.15 bits per heavy atom. The molecule has 8 heteroatoms. The van der Waals surface area contributed by atoms with Gasteiger partial charge in [-0.3, -0.25) is 0 Å². The van der Waals surface area contributed by atoms with Crippen molar-refractivity contribution in [3.05, 3.63) is 70.4 Å². The van der Waals surface area contributed by atoms with Gasteiger partial charge in [-0.2, -0.15) is 0 Å². The molecule has 0 spiro atoms. The first-order valence-corrected chi connectivity index (χ1v) is 9.68. The first-order chi connectivity index (χ1) is 12.8. The molecule has 0 fully saturated rings. The monoisotopic (exact) mass is 496 g/mol. The summed E-state index contributed by atoms with van der Waals surface area (Å²) in [5.41, 5.74) is 1.19. The van der Waals surface area contributed by atoms with Gasteiger partial charge in [-0.25, -0.2) is 4.99 Å². The molecule has 0 aliphatic rings. The molecule has 27 heavy (non-hydrogen) atoms. The molecule has 2 heterocycles. The van der Waals surface area contributed by atoms with E-state index in [0.717, 1.165) is 37.8 Å². The van der Waals surface area contributed by atoms with Gasteiger partial charge in [-0.15, -0.1) is 45.5 Å². The van der Waals surface area contributed by atoms with Crippen molar-refractivity contribution in [1.82, 2.24) is 25.4 Å². The fraction of sp³-hybridized carbons (Fsp3) is 0.316. The van der Waals surface area contributed by atoms with Crippen LogP contribution >= 0.6 is 35.3 Å². The van der Waals surface area contributed by atoms with Crippen LogP contribution in [0.25, 0.3) is 0 Å². The number of halogens is 1. The van der Waals surface area contributed by atoms with Crippen LogP contribution in [0.5, 0.6) is 0 Å². The van der Waals surface area contributed by atoms with Gasteiger partial charge in [-0.05, 0) is 17.0 Å². The SMILES string of the molecule is CCc1nncn1CCNC(=NCc1ccccc1)NCc1cccs1.I. The molecule has 3 aromatic rings. The number of aryl methyl sites for hydroxylation is 1. The van der Waals surface area contributed by atoms with Gasteiger partial charge in [0.25, 0.3) is 0 Å². The molecule has 2 N–H and O–H groups in total. The Hall–Kier alpha value is -1.94. The van der Waals surface area contributed by atoms with Crippen LogP contribution in [0.2, 0.25) is 0 Å². The van der Waals surface area contributed by atoms with Crippen LogP contribution in [-0.2, 0) is 26.1 Å². The third-order valence-electron chi connectivity index (χ3n) is 3.93. The largest absolute Gasteiger partial charge is 0.355 e. The number of nitrogens with one attached hydrogen (secondary N) is 2. The van der Waals surface area contributed by atoms with Crippen LogP contribution in [-0.4, -0.2) is 27.3 Å². The van der Waals surface area contributed by atoms with E-state index in [1.54, 1.807) is 17.7 Å². The zero-order valence-electron chi connectivity index (χ0n) is 15.3. The fourth-order valence-electron chi connectivity index (χ4n) is 2.55. The highest BCUT2D eigenvalue weighted by Gasteiger charge is 2.03. The Morgan fingerprint density at radius 3 is 2.74 bits per heavy atom. The summed E-state index contributed by atoms with van der Waals surface area (Å²) in [6.45, 7) is 5.07. The molecular formula is C19H25IN6S. The van der Waals surface area contributed by atoms with Crippen molar-refractivity contribution in [1.29, 1.82) is 0 Å². The topological polar surface area (TPSA) is 67.1 Å². The summed E-state index contributed by atoms with van der Waals surface area (Å²) in [6, 6.07) is 14.5. The summed E-state index contributed by atoms with van der Waals surface area (Å²) in [5.74, 6) is 1.81. The van der Waals surface area contributed by atoms with Gasteiger partial charge in [-0.1, -0.05) is 43.3 Å². The Balaban J connectivity index is 0.00000261. The van der Waals surface area contributed by atoms with E-state index in [2.05, 4.69) is 62.0 Å². The van der Waals surface area contributed by atoms with Gasteiger partial charge < -0.3 is 15.2 Å². The van der Waals surface area contributed by atoms with Crippen molar-refractivity contribution < 1.29 is 0 Å². The summed E-state index contributed by atoms with van der Waals surface area (Å²) in [4.78, 5) is 6.00. The number of guanidine groups is 1. The number of thiophene rings is 1. The molecule has 0 saturated heterocycles. The molecule has 0 bridgehead atoms. The Labute approximate surface area is 181 Å². The van der Waals surface area contributed by atoms with Crippen LogP contribution in [0.1, 0.15) is 23.2 Å². The number of nitrogens with zero attached hydrogens (tertiary/aromatic N) is 4. The normalized spacial score (nSPS) is 11.1. The molecule has 0 radical (unpaired) electrons. The van der Waals surface area contributed by atoms with Gasteiger partial charge in [0, 0.05) is 24.4 Å². The number of rotatable bonds is 8. The molecule has 6 nitrogen and oxygen atoms in total. The lowest BCUT2D eigenvalue weighted by Crippen LogP contribution is -2.38. The minimum atomic E-state index is 0. The first kappa shape index (κ1) is 21.4. The van der Waals surface area contributed by atoms with Gasteiger partial charge in [0.1, 0.15) is 12.2 Å². The van der Waals surface area contributed by atoms with Crippen LogP contribution in [0.3, 0.4) is 0 Å². The maximum Gasteiger partial charge on any atom is 0.191 e. The van der Waals surface area contributed by atoms with E-state index in [9.17, 15) is 0 Å². The highest BCUT2D eigenvalue weighted by Crippen LogP contribution is 2.07. The van der Waals surface area contributed by atoms with Gasteiger partial charge >= 0.3 is 0 Å². The van der Waals surface area contributed by atoms with Crippen molar-refractivity contribution in [3.63, 3.8) is 0 Å². The molecule has 1 aromatic carbocycles. The second-order valence-electron chi connectivity index (χ2n) is 5.80. The van der Waals surface area contributed by atoms with E-state index in [4.69, 9.17) is 4.99 Å². The van der Waals surface area contributed by atoms with E-state index >= 15 is 0 Å². The molecule has 0 aliphatic heterocycles. The quantitative estimate of drug-likeness (QED) is 0.285. The second kappa shape index (κ2) is 11.7. The molecule has 0 aliphatic carbocycles. The van der Waals surface area contributed by atoms with E-state index in [0.29, 0.717) is 6.54 Å². The zero-order chi connectivity index (χ0) is 18.0. The molecular weight excluding hydrogens is 471 g/mol. The summed E-state index contributed by atoms with van der Waals surface area (Å²) in [6.07, 6.45) is 2.66. The van der Waals surface area contributed by atoms with Crippen molar-refractivity contribution in [2.75, 3.05) is 6.54 Å². The minimum Gasteiger partial charge on any atom is -0.355 e. The average Bonchev–Trinajstić information content (AvgIpc) is 3.36. The summed E-state index contributed by atoms with van der Waals surface area (Å²) in [7, 11) is 0. The zero-order valence-corrected chi connectivity index (χ0v) is 18.5. The molecule has 0 saturated carbocycles. The van der Waals surface area contributed by atoms with Gasteiger partial charge in [0.2, 0.25) is 0 Å². The Kier molecular flexibility index (Phi) is 9.26. The van der Waals surface area contributed by atoms with E-state index in [-0.39, 0.29) is 24.0 Å². The number of hydrogen-bond donors (Lipinski definition) is 2. The van der Waals surface area contributed by atoms with Gasteiger partial charge in [0.15, 0.2) is 5.96 Å². The Morgan fingerprint density at radius 2 is 2.00 bits per heavy atom. The van der Waals surface area contributed by atoms with Crippen molar-refractivity contribution in [2.24, 2.45) is 4.99 Å². The fourth-order valence-corrected chi connectivity index (χ4v) is 3.19. The maximum atomic E-state index is 4.71. The lowest BCUT2D eigenvalue weighted by molar-refractivity contribution is 0.631. The molecule has 3 rings (SSSR count). The predicted octanol–water partition coefficient (Wildman–Crippen LogP) is 3.46. The number of hydrogen-bond acceptors (Lipinski definition) is 4. The molecule has 2 aromatic heterocycles. The highest BCUT2D eigenvalue weighted by atomic mass is 127. The summed E-state index contributed by atoms with van der Waals surface area (Å²) < 4.78 is 2.07. The number of aromatic nitrogens is 3. The molecule has 144 valence electrons. The van der Waals surface area contributed by atoms with Crippen molar-refractivity contribution >= 4 is 41.3 Å². The minimum absolute atomic E-state index is 0. The third kappa shape index (κ3) is 6.94. The molecule has 0 unspecified atom stereocenters. The lowest BCUT2D eigenvalue weighted by atomic mass is 10.2. The number of benzene rings is 1. The summed E-state index contributed by atoms with van der Waals surface area (Å²) in [5, 5.41) is 17.0. The third-order valence-corrected chi connectivity index (χ3v) is 4.81. The lowest BCUT2D eigenvalue weighted by Gasteiger charge is -2.13. The maximum absolute atomic E-state index is 4.71. The second-order valence-corrected chi connectivity index (χ2v) is 6.84. The van der Waals surface area contributed by atoms with Crippen molar-refractivity contribution in [2.45, 2.75) is 33.0 Å². The van der Waals surface area contributed by atoms with Gasteiger partial charge in [0.05, 0.1) is 13.1 Å². The van der Waals surface area contributed by atoms with E-state index in [1.807, 2.05) is 18.2 Å². The molecule has 0 amide bonds. The first-order valence-electron chi connectivity index (χ1n) is 8.80. The Bertz CT molecular complexity index is 801. The van der Waals surface area contributed by atoms with Crippen LogP contribution in [0.4, 0.5) is 0 Å².